The summed E-state index contributed by atoms with van der Waals surface area (Å²) in [6, 6.07) is 19.7. The van der Waals surface area contributed by atoms with Gasteiger partial charge in [0.25, 0.3) is 5.91 Å². The lowest BCUT2D eigenvalue weighted by Crippen LogP contribution is -2.31. The normalized spacial score (nSPS) is 12.0. The van der Waals surface area contributed by atoms with E-state index in [2.05, 4.69) is 19.2 Å². The van der Waals surface area contributed by atoms with Crippen LogP contribution in [-0.2, 0) is 20.7 Å². The van der Waals surface area contributed by atoms with Crippen LogP contribution >= 0.6 is 0 Å². The standard InChI is InChI=1S/C25H27NO3/c1-16(2)21-14-7-9-17(3)24(21)26-25(28)18(4)29-23(27)15-20-12-8-11-19-10-5-6-13-22(19)20/h5-14,16,18H,15H2,1-4H3,(H,26,28)/t18-/m0/s1. The fourth-order valence-corrected chi connectivity index (χ4v) is 3.46. The number of hydrogen-bond donors (Lipinski definition) is 1. The topological polar surface area (TPSA) is 55.4 Å². The van der Waals surface area contributed by atoms with E-state index in [1.54, 1.807) is 6.92 Å². The number of para-hydroxylation sites is 1. The van der Waals surface area contributed by atoms with Crippen LogP contribution < -0.4 is 5.32 Å². The third kappa shape index (κ3) is 4.83. The van der Waals surface area contributed by atoms with Crippen LogP contribution in [0.5, 0.6) is 0 Å². The van der Waals surface area contributed by atoms with Gasteiger partial charge in [0.15, 0.2) is 6.10 Å². The summed E-state index contributed by atoms with van der Waals surface area (Å²) in [7, 11) is 0. The molecule has 0 aromatic heterocycles. The van der Waals surface area contributed by atoms with Crippen molar-refractivity contribution in [3.8, 4) is 0 Å². The molecule has 0 fully saturated rings. The summed E-state index contributed by atoms with van der Waals surface area (Å²) in [4.78, 5) is 25.1. The minimum absolute atomic E-state index is 0.126. The van der Waals surface area contributed by atoms with Crippen LogP contribution in [0.3, 0.4) is 0 Å². The van der Waals surface area contributed by atoms with Crippen molar-refractivity contribution in [1.29, 1.82) is 0 Å². The molecule has 0 unspecified atom stereocenters. The summed E-state index contributed by atoms with van der Waals surface area (Å²) in [5.74, 6) is -0.472. The molecule has 0 saturated carbocycles. The van der Waals surface area contributed by atoms with E-state index in [4.69, 9.17) is 4.74 Å². The van der Waals surface area contributed by atoms with E-state index < -0.39 is 12.1 Å². The lowest BCUT2D eigenvalue weighted by molar-refractivity contribution is -0.152. The van der Waals surface area contributed by atoms with E-state index in [0.29, 0.717) is 0 Å². The molecule has 1 atom stereocenters. The molecule has 0 saturated heterocycles. The van der Waals surface area contributed by atoms with Crippen molar-refractivity contribution in [2.24, 2.45) is 0 Å². The molecular formula is C25H27NO3. The molecule has 0 aliphatic carbocycles. The van der Waals surface area contributed by atoms with Gasteiger partial charge in [0, 0.05) is 5.69 Å². The van der Waals surface area contributed by atoms with E-state index >= 15 is 0 Å². The Morgan fingerprint density at radius 3 is 2.38 bits per heavy atom. The molecular weight excluding hydrogens is 362 g/mol. The highest BCUT2D eigenvalue weighted by atomic mass is 16.5. The summed E-state index contributed by atoms with van der Waals surface area (Å²) in [6.45, 7) is 7.72. The van der Waals surface area contributed by atoms with Gasteiger partial charge < -0.3 is 10.1 Å². The minimum atomic E-state index is -0.878. The third-order valence-electron chi connectivity index (χ3n) is 5.07. The second-order valence-corrected chi connectivity index (χ2v) is 7.63. The van der Waals surface area contributed by atoms with Crippen molar-refractivity contribution in [2.45, 2.75) is 46.1 Å². The lowest BCUT2D eigenvalue weighted by atomic mass is 9.98. The van der Waals surface area contributed by atoms with Crippen LogP contribution in [0.1, 0.15) is 43.4 Å². The van der Waals surface area contributed by atoms with Crippen LogP contribution in [0.15, 0.2) is 60.7 Å². The van der Waals surface area contributed by atoms with Gasteiger partial charge in [0.1, 0.15) is 0 Å². The Hall–Kier alpha value is -3.14. The molecule has 3 rings (SSSR count). The molecule has 150 valence electrons. The minimum Gasteiger partial charge on any atom is -0.452 e. The first-order valence-corrected chi connectivity index (χ1v) is 9.93. The molecule has 3 aromatic rings. The summed E-state index contributed by atoms with van der Waals surface area (Å²) < 4.78 is 5.43. The average molecular weight is 389 g/mol. The van der Waals surface area contributed by atoms with E-state index in [9.17, 15) is 9.59 Å². The summed E-state index contributed by atoms with van der Waals surface area (Å²) in [6.07, 6.45) is -0.752. The van der Waals surface area contributed by atoms with Crippen LogP contribution in [0.2, 0.25) is 0 Å². The Bertz CT molecular complexity index is 1030. The molecule has 1 amide bonds. The first kappa shape index (κ1) is 20.6. The summed E-state index contributed by atoms with van der Waals surface area (Å²) in [5.41, 5.74) is 3.73. The second-order valence-electron chi connectivity index (χ2n) is 7.63. The number of rotatable bonds is 6. The number of nitrogens with one attached hydrogen (secondary N) is 1. The van der Waals surface area contributed by atoms with Gasteiger partial charge in [-0.05, 0) is 47.2 Å². The number of fused-ring (bicyclic) bond motifs is 1. The highest BCUT2D eigenvalue weighted by molar-refractivity contribution is 5.97. The average Bonchev–Trinajstić information content (AvgIpc) is 2.69. The van der Waals surface area contributed by atoms with E-state index in [0.717, 1.165) is 33.2 Å². The number of anilines is 1. The molecule has 0 aliphatic heterocycles. The third-order valence-corrected chi connectivity index (χ3v) is 5.07. The van der Waals surface area contributed by atoms with Crippen LogP contribution in [0, 0.1) is 6.92 Å². The maximum absolute atomic E-state index is 12.7. The predicted octanol–water partition coefficient (Wildman–Crippen LogP) is 5.38. The molecule has 0 bridgehead atoms. The number of carbonyl (C=O) groups excluding carboxylic acids is 2. The Labute approximate surface area is 171 Å². The van der Waals surface area contributed by atoms with E-state index in [1.807, 2.05) is 67.6 Å². The quantitative estimate of drug-likeness (QED) is 0.576. The number of benzene rings is 3. The first-order valence-electron chi connectivity index (χ1n) is 9.93. The molecule has 4 nitrogen and oxygen atoms in total. The number of ether oxygens (including phenoxy) is 1. The SMILES string of the molecule is Cc1cccc(C(C)C)c1NC(=O)[C@H](C)OC(=O)Cc1cccc2ccccc12. The Morgan fingerprint density at radius 2 is 1.62 bits per heavy atom. The van der Waals surface area contributed by atoms with Crippen molar-refractivity contribution >= 4 is 28.3 Å². The fraction of sp³-hybridized carbons (Fsp3) is 0.280. The molecule has 0 radical (unpaired) electrons. The van der Waals surface area contributed by atoms with Gasteiger partial charge in [-0.3, -0.25) is 9.59 Å². The van der Waals surface area contributed by atoms with Crippen LogP contribution in [-0.4, -0.2) is 18.0 Å². The van der Waals surface area contributed by atoms with Gasteiger partial charge in [0.05, 0.1) is 6.42 Å². The van der Waals surface area contributed by atoms with Crippen LogP contribution in [0.4, 0.5) is 5.69 Å². The van der Waals surface area contributed by atoms with E-state index in [1.165, 1.54) is 0 Å². The second kappa shape index (κ2) is 8.91. The van der Waals surface area contributed by atoms with Gasteiger partial charge in [-0.1, -0.05) is 74.5 Å². The van der Waals surface area contributed by atoms with Gasteiger partial charge >= 0.3 is 5.97 Å². The maximum Gasteiger partial charge on any atom is 0.311 e. The monoisotopic (exact) mass is 389 g/mol. The molecule has 0 heterocycles. The first-order chi connectivity index (χ1) is 13.9. The van der Waals surface area contributed by atoms with Gasteiger partial charge in [-0.25, -0.2) is 0 Å². The summed E-state index contributed by atoms with van der Waals surface area (Å²) in [5, 5.41) is 5.04. The Morgan fingerprint density at radius 1 is 0.931 bits per heavy atom. The Balaban J connectivity index is 1.68. The summed E-state index contributed by atoms with van der Waals surface area (Å²) >= 11 is 0. The molecule has 0 aliphatic rings. The molecule has 1 N–H and O–H groups in total. The van der Waals surface area contributed by atoms with Crippen molar-refractivity contribution in [2.75, 3.05) is 5.32 Å². The predicted molar refractivity (Wildman–Crippen MR) is 117 cm³/mol. The fourth-order valence-electron chi connectivity index (χ4n) is 3.46. The molecule has 4 heteroatoms. The number of amides is 1. The lowest BCUT2D eigenvalue weighted by Gasteiger charge is -2.19. The highest BCUT2D eigenvalue weighted by Gasteiger charge is 2.21. The van der Waals surface area contributed by atoms with Crippen LogP contribution in [0.25, 0.3) is 10.8 Å². The largest absolute Gasteiger partial charge is 0.452 e. The smallest absolute Gasteiger partial charge is 0.311 e. The van der Waals surface area contributed by atoms with Crippen molar-refractivity contribution in [1.82, 2.24) is 0 Å². The zero-order valence-electron chi connectivity index (χ0n) is 17.4. The molecule has 3 aromatic carbocycles. The zero-order chi connectivity index (χ0) is 21.0. The highest BCUT2D eigenvalue weighted by Crippen LogP contribution is 2.27. The number of esters is 1. The van der Waals surface area contributed by atoms with Crippen molar-refractivity contribution < 1.29 is 14.3 Å². The number of carbonyl (C=O) groups is 2. The van der Waals surface area contributed by atoms with Crippen molar-refractivity contribution in [3.05, 3.63) is 77.4 Å². The zero-order valence-corrected chi connectivity index (χ0v) is 17.4. The van der Waals surface area contributed by atoms with Crippen molar-refractivity contribution in [3.63, 3.8) is 0 Å². The Kier molecular flexibility index (Phi) is 6.32. The molecule has 0 spiro atoms. The van der Waals surface area contributed by atoms with Gasteiger partial charge in [0.2, 0.25) is 0 Å². The van der Waals surface area contributed by atoms with Gasteiger partial charge in [-0.15, -0.1) is 0 Å². The number of hydrogen-bond acceptors (Lipinski definition) is 3. The van der Waals surface area contributed by atoms with Gasteiger partial charge in [-0.2, -0.15) is 0 Å². The number of aryl methyl sites for hydroxylation is 1. The maximum atomic E-state index is 12.7. The van der Waals surface area contributed by atoms with E-state index in [-0.39, 0.29) is 18.2 Å². The molecule has 29 heavy (non-hydrogen) atoms.